The highest BCUT2D eigenvalue weighted by Crippen LogP contribution is 2.37. The largest absolute Gasteiger partial charge is 0.450 e. The van der Waals surface area contributed by atoms with E-state index < -0.39 is 16.9 Å². The molecule has 9 nitrogen and oxygen atoms in total. The van der Waals surface area contributed by atoms with E-state index in [1.165, 1.54) is 28.4 Å². The lowest BCUT2D eigenvalue weighted by Crippen LogP contribution is -2.35. The summed E-state index contributed by atoms with van der Waals surface area (Å²) >= 11 is 7.20. The molecule has 0 bridgehead atoms. The predicted molar refractivity (Wildman–Crippen MR) is 106 cm³/mol. The molecule has 1 aliphatic rings. The van der Waals surface area contributed by atoms with Crippen LogP contribution in [0, 0.1) is 21.4 Å². The number of rotatable bonds is 4. The molecule has 3 rings (SSSR count). The number of non-ortho nitro benzene ring substituents is 1. The first kappa shape index (κ1) is 20.6. The van der Waals surface area contributed by atoms with Crippen LogP contribution in [-0.2, 0) is 17.7 Å². The van der Waals surface area contributed by atoms with Gasteiger partial charge in [-0.1, -0.05) is 11.6 Å². The molecule has 0 aliphatic carbocycles. The highest BCUT2D eigenvalue weighted by Gasteiger charge is 2.28. The molecular formula is C18H15ClN4O5S. The molecule has 11 heteroatoms. The minimum Gasteiger partial charge on any atom is -0.450 e. The third-order valence-corrected chi connectivity index (χ3v) is 5.79. The average molecular weight is 435 g/mol. The first-order valence-corrected chi connectivity index (χ1v) is 9.76. The lowest BCUT2D eigenvalue weighted by atomic mass is 10.0. The van der Waals surface area contributed by atoms with E-state index in [0.717, 1.165) is 16.5 Å². The number of nitro benzene ring substituents is 1. The molecule has 1 N–H and O–H groups in total. The van der Waals surface area contributed by atoms with E-state index >= 15 is 0 Å². The van der Waals surface area contributed by atoms with Gasteiger partial charge in [0.1, 0.15) is 11.1 Å². The molecular weight excluding hydrogens is 420 g/mol. The zero-order chi connectivity index (χ0) is 21.1. The Hall–Kier alpha value is -3.16. The van der Waals surface area contributed by atoms with Crippen molar-refractivity contribution in [1.82, 2.24) is 4.90 Å². The number of halogens is 1. The van der Waals surface area contributed by atoms with E-state index in [4.69, 9.17) is 16.3 Å². The van der Waals surface area contributed by atoms with Crippen LogP contribution in [0.4, 0.5) is 15.5 Å². The third kappa shape index (κ3) is 4.16. The Bertz CT molecular complexity index is 1050. The molecule has 1 aromatic carbocycles. The molecule has 0 saturated carbocycles. The Balaban J connectivity index is 1.87. The van der Waals surface area contributed by atoms with E-state index in [2.05, 4.69) is 11.4 Å². The van der Waals surface area contributed by atoms with Gasteiger partial charge in [-0.05, 0) is 25.0 Å². The second kappa shape index (κ2) is 8.46. The Morgan fingerprint density at radius 2 is 2.24 bits per heavy atom. The molecule has 2 amide bonds. The van der Waals surface area contributed by atoms with Crippen LogP contribution >= 0.6 is 22.9 Å². The monoisotopic (exact) mass is 434 g/mol. The second-order valence-corrected chi connectivity index (χ2v) is 7.58. The van der Waals surface area contributed by atoms with Gasteiger partial charge in [0.2, 0.25) is 0 Å². The summed E-state index contributed by atoms with van der Waals surface area (Å²) in [6.45, 7) is 2.67. The average Bonchev–Trinajstić information content (AvgIpc) is 3.04. The van der Waals surface area contributed by atoms with E-state index in [0.29, 0.717) is 23.5 Å². The fourth-order valence-corrected chi connectivity index (χ4v) is 4.36. The summed E-state index contributed by atoms with van der Waals surface area (Å²) < 4.78 is 5.01. The highest BCUT2D eigenvalue weighted by atomic mass is 35.5. The second-order valence-electron chi connectivity index (χ2n) is 6.07. The van der Waals surface area contributed by atoms with Crippen molar-refractivity contribution < 1.29 is 19.2 Å². The summed E-state index contributed by atoms with van der Waals surface area (Å²) in [5, 5.41) is 23.5. The van der Waals surface area contributed by atoms with Crippen LogP contribution in [0.25, 0.3) is 0 Å². The van der Waals surface area contributed by atoms with E-state index in [9.17, 15) is 25.0 Å². The smallest absolute Gasteiger partial charge is 0.410 e. The van der Waals surface area contributed by atoms with Crippen LogP contribution in [0.15, 0.2) is 18.2 Å². The molecule has 2 aromatic rings. The van der Waals surface area contributed by atoms with Crippen molar-refractivity contribution >= 4 is 45.6 Å². The van der Waals surface area contributed by atoms with Gasteiger partial charge in [0, 0.05) is 23.6 Å². The number of nitrogens with zero attached hydrogens (tertiary/aromatic N) is 3. The summed E-state index contributed by atoms with van der Waals surface area (Å²) in [6, 6.07) is 5.65. The van der Waals surface area contributed by atoms with Gasteiger partial charge in [-0.25, -0.2) is 4.79 Å². The summed E-state index contributed by atoms with van der Waals surface area (Å²) in [6.07, 6.45) is 0.0278. The van der Waals surface area contributed by atoms with Gasteiger partial charge in [0.25, 0.3) is 11.6 Å². The minimum atomic E-state index is -0.656. The van der Waals surface area contributed by atoms with Crippen molar-refractivity contribution in [1.29, 1.82) is 5.26 Å². The number of anilines is 1. The summed E-state index contributed by atoms with van der Waals surface area (Å²) in [5.41, 5.74) is 0.766. The highest BCUT2D eigenvalue weighted by molar-refractivity contribution is 7.16. The predicted octanol–water partition coefficient (Wildman–Crippen LogP) is 3.95. The summed E-state index contributed by atoms with van der Waals surface area (Å²) in [4.78, 5) is 37.3. The minimum absolute atomic E-state index is 0.0569. The molecule has 150 valence electrons. The molecule has 2 heterocycles. The maximum Gasteiger partial charge on any atom is 0.410 e. The first-order valence-electron chi connectivity index (χ1n) is 8.57. The van der Waals surface area contributed by atoms with Gasteiger partial charge >= 0.3 is 6.09 Å². The molecule has 0 atom stereocenters. The number of nitriles is 1. The van der Waals surface area contributed by atoms with Gasteiger partial charge < -0.3 is 15.0 Å². The van der Waals surface area contributed by atoms with Crippen LogP contribution in [-0.4, -0.2) is 35.0 Å². The standard InChI is InChI=1S/C18H15ClN4O5S/c1-2-28-18(25)22-6-5-11-13(8-20)17(29-15(11)9-22)21-16(24)12-7-10(23(26)27)3-4-14(12)19/h3-4,7H,2,5-6,9H2,1H3,(H,21,24). The molecule has 0 unspecified atom stereocenters. The number of thiophene rings is 1. The number of fused-ring (bicyclic) bond motifs is 1. The number of ether oxygens (including phenoxy) is 1. The van der Waals surface area contributed by atoms with Crippen LogP contribution < -0.4 is 5.32 Å². The van der Waals surface area contributed by atoms with Crippen LogP contribution in [0.5, 0.6) is 0 Å². The lowest BCUT2D eigenvalue weighted by Gasteiger charge is -2.25. The first-order chi connectivity index (χ1) is 13.8. The van der Waals surface area contributed by atoms with E-state index in [1.807, 2.05) is 0 Å². The van der Waals surface area contributed by atoms with Crippen LogP contribution in [0.1, 0.15) is 33.3 Å². The van der Waals surface area contributed by atoms with Crippen molar-refractivity contribution in [2.45, 2.75) is 19.9 Å². The van der Waals surface area contributed by atoms with Crippen molar-refractivity contribution in [3.8, 4) is 6.07 Å². The number of hydrogen-bond donors (Lipinski definition) is 1. The van der Waals surface area contributed by atoms with Gasteiger partial charge in [0.05, 0.1) is 34.2 Å². The zero-order valence-corrected chi connectivity index (χ0v) is 16.8. The topological polar surface area (TPSA) is 126 Å². The molecule has 1 aromatic heterocycles. The van der Waals surface area contributed by atoms with Crippen LogP contribution in [0.3, 0.4) is 0 Å². The molecule has 0 saturated heterocycles. The van der Waals surface area contributed by atoms with Gasteiger partial charge in [0.15, 0.2) is 0 Å². The third-order valence-electron chi connectivity index (χ3n) is 4.33. The fraction of sp³-hybridized carbons (Fsp3) is 0.278. The van der Waals surface area contributed by atoms with Crippen molar-refractivity contribution in [3.63, 3.8) is 0 Å². The molecule has 0 fully saturated rings. The number of benzene rings is 1. The maximum atomic E-state index is 12.6. The molecule has 1 aliphatic heterocycles. The Kier molecular flexibility index (Phi) is 6.00. The van der Waals surface area contributed by atoms with E-state index in [1.54, 1.807) is 6.92 Å². The SMILES string of the molecule is CCOC(=O)N1CCc2c(sc(NC(=O)c3cc([N+](=O)[O-])ccc3Cl)c2C#N)C1. The van der Waals surface area contributed by atoms with Crippen molar-refractivity contribution in [2.75, 3.05) is 18.5 Å². The Morgan fingerprint density at radius 1 is 1.48 bits per heavy atom. The Morgan fingerprint density at radius 3 is 2.90 bits per heavy atom. The lowest BCUT2D eigenvalue weighted by molar-refractivity contribution is -0.384. The van der Waals surface area contributed by atoms with Gasteiger partial charge in [-0.2, -0.15) is 5.26 Å². The molecule has 0 radical (unpaired) electrons. The summed E-state index contributed by atoms with van der Waals surface area (Å²) in [5.74, 6) is -0.656. The molecule has 29 heavy (non-hydrogen) atoms. The number of hydrogen-bond acceptors (Lipinski definition) is 7. The van der Waals surface area contributed by atoms with Gasteiger partial charge in [-0.3, -0.25) is 14.9 Å². The number of carbonyl (C=O) groups is 2. The number of nitrogens with one attached hydrogen (secondary N) is 1. The summed E-state index contributed by atoms with van der Waals surface area (Å²) in [7, 11) is 0. The maximum absolute atomic E-state index is 12.6. The number of carbonyl (C=O) groups excluding carboxylic acids is 2. The normalized spacial score (nSPS) is 12.7. The number of amides is 2. The number of nitro groups is 1. The van der Waals surface area contributed by atoms with Gasteiger partial charge in [-0.15, -0.1) is 11.3 Å². The van der Waals surface area contributed by atoms with Crippen LogP contribution in [0.2, 0.25) is 5.02 Å². The Labute approximate surface area is 174 Å². The zero-order valence-electron chi connectivity index (χ0n) is 15.2. The van der Waals surface area contributed by atoms with E-state index in [-0.39, 0.29) is 29.4 Å². The quantitative estimate of drug-likeness (QED) is 0.573. The fourth-order valence-electron chi connectivity index (χ4n) is 2.95. The van der Waals surface area contributed by atoms with Crippen molar-refractivity contribution in [2.24, 2.45) is 0 Å². The van der Waals surface area contributed by atoms with Crippen molar-refractivity contribution in [3.05, 3.63) is 54.9 Å². The molecule has 0 spiro atoms.